The van der Waals surface area contributed by atoms with Crippen molar-refractivity contribution < 1.29 is 35.1 Å². The first-order valence-corrected chi connectivity index (χ1v) is 12.9. The molecule has 0 spiro atoms. The van der Waals surface area contributed by atoms with E-state index in [4.69, 9.17) is 30.2 Å². The molecule has 0 bridgehead atoms. The summed E-state index contributed by atoms with van der Waals surface area (Å²) in [6.07, 6.45) is -2.19. The minimum atomic E-state index is -3.53. The van der Waals surface area contributed by atoms with Crippen molar-refractivity contribution in [1.29, 1.82) is 0 Å². The van der Waals surface area contributed by atoms with Crippen molar-refractivity contribution in [1.82, 2.24) is 10.6 Å². The predicted octanol–water partition coefficient (Wildman–Crippen LogP) is 7.34. The number of hydrogen-bond acceptors (Lipinski definition) is 3. The van der Waals surface area contributed by atoms with Gasteiger partial charge in [-0.2, -0.15) is 0 Å². The van der Waals surface area contributed by atoms with E-state index in [9.17, 15) is 35.1 Å². The Balaban J connectivity index is 0.000000220. The number of nitrogen functional groups attached to an aromatic ring is 1. The van der Waals surface area contributed by atoms with E-state index in [-0.39, 0.29) is 26.8 Å². The number of nitrogens with one attached hydrogen (secondary N) is 2. The van der Waals surface area contributed by atoms with Crippen LogP contribution in [0.1, 0.15) is 57.2 Å². The highest BCUT2D eigenvalue weighted by molar-refractivity contribution is 7.80. The highest BCUT2D eigenvalue weighted by atomic mass is 32.1. The normalized spacial score (nSPS) is 32.8. The summed E-state index contributed by atoms with van der Waals surface area (Å²) in [7, 11) is 0. The van der Waals surface area contributed by atoms with Gasteiger partial charge in [0.1, 0.15) is 32.7 Å². The van der Waals surface area contributed by atoms with Crippen LogP contribution in [-0.4, -0.2) is 33.2 Å². The molecule has 0 aliphatic carbocycles. The van der Waals surface area contributed by atoms with Gasteiger partial charge in [0, 0.05) is 16.8 Å². The molecule has 0 saturated carbocycles. The number of nitrogens with two attached hydrogens (primary N) is 1. The van der Waals surface area contributed by atoms with Gasteiger partial charge in [0.15, 0.2) is 11.3 Å². The maximum atomic E-state index is 14.4. The lowest BCUT2D eigenvalue weighted by Gasteiger charge is -2.47. The number of piperidine rings is 2. The Morgan fingerprint density at radius 3 is 1.48 bits per heavy atom. The number of halogens is 8. The van der Waals surface area contributed by atoms with E-state index in [1.807, 2.05) is 0 Å². The second-order valence-corrected chi connectivity index (χ2v) is 11.9. The van der Waals surface area contributed by atoms with Gasteiger partial charge in [-0.15, -0.1) is 0 Å². The maximum Gasteiger partial charge on any atom is 0.278 e. The number of rotatable bonds is 2. The number of anilines is 1. The Morgan fingerprint density at radius 2 is 1.05 bits per heavy atom. The highest BCUT2D eigenvalue weighted by Gasteiger charge is 2.62. The monoisotopic (exact) mass is 611 g/mol. The average molecular weight is 612 g/mol. The summed E-state index contributed by atoms with van der Waals surface area (Å²) in [6.45, 7) is 5.89. The molecule has 2 aliphatic heterocycles. The van der Waals surface area contributed by atoms with Crippen molar-refractivity contribution in [3.63, 3.8) is 0 Å². The summed E-state index contributed by atoms with van der Waals surface area (Å²) in [5, 5.41) is 4.59. The Bertz CT molecular complexity index is 1250. The summed E-state index contributed by atoms with van der Waals surface area (Å²) in [6, 6.07) is 7.32. The molecule has 3 nitrogen and oxygen atoms in total. The van der Waals surface area contributed by atoms with E-state index in [1.165, 1.54) is 18.2 Å². The van der Waals surface area contributed by atoms with E-state index in [1.54, 1.807) is 6.92 Å². The number of alkyl halides is 6. The number of benzene rings is 2. The van der Waals surface area contributed by atoms with Gasteiger partial charge in [-0.1, -0.05) is 42.1 Å². The maximum absolute atomic E-state index is 14.4. The van der Waals surface area contributed by atoms with Crippen LogP contribution in [0.5, 0.6) is 0 Å². The lowest BCUT2D eigenvalue weighted by atomic mass is 9.76. The molecule has 220 valence electrons. The summed E-state index contributed by atoms with van der Waals surface area (Å²) < 4.78 is 113. The van der Waals surface area contributed by atoms with Gasteiger partial charge in [0.2, 0.25) is 0 Å². The third-order valence-corrected chi connectivity index (χ3v) is 8.49. The largest absolute Gasteiger partial charge is 0.399 e. The third kappa shape index (κ3) is 5.50. The van der Waals surface area contributed by atoms with Gasteiger partial charge in [0.25, 0.3) is 11.8 Å². The summed E-state index contributed by atoms with van der Waals surface area (Å²) in [4.78, 5) is -0.695. The Labute approximate surface area is 237 Å². The summed E-state index contributed by atoms with van der Waals surface area (Å²) >= 11 is 9.62. The predicted molar refractivity (Wildman–Crippen MR) is 146 cm³/mol. The van der Waals surface area contributed by atoms with Gasteiger partial charge >= 0.3 is 0 Å². The highest BCUT2D eigenvalue weighted by Crippen LogP contribution is 2.49. The molecule has 0 amide bonds. The van der Waals surface area contributed by atoms with E-state index in [2.05, 4.69) is 10.6 Å². The lowest BCUT2D eigenvalue weighted by molar-refractivity contribution is -0.120. The van der Waals surface area contributed by atoms with Crippen molar-refractivity contribution >= 4 is 40.1 Å². The first-order chi connectivity index (χ1) is 18.0. The van der Waals surface area contributed by atoms with Crippen LogP contribution in [0, 0.1) is 18.6 Å². The van der Waals surface area contributed by atoms with Gasteiger partial charge in [-0.3, -0.25) is 0 Å². The Kier molecular flexibility index (Phi) is 8.05. The first kappa shape index (κ1) is 32.0. The third-order valence-electron chi connectivity index (χ3n) is 7.43. The second kappa shape index (κ2) is 10.1. The minimum Gasteiger partial charge on any atom is -0.399 e. The molecule has 4 rings (SSSR count). The zero-order valence-electron chi connectivity index (χ0n) is 22.3. The fourth-order valence-electron chi connectivity index (χ4n) is 4.72. The second-order valence-electron chi connectivity index (χ2n) is 11.0. The van der Waals surface area contributed by atoms with Crippen LogP contribution in [0.25, 0.3) is 0 Å². The van der Waals surface area contributed by atoms with E-state index >= 15 is 0 Å². The molecule has 4 N–H and O–H groups in total. The molecule has 40 heavy (non-hydrogen) atoms. The molecule has 0 unspecified atom stereocenters. The van der Waals surface area contributed by atoms with E-state index in [0.29, 0.717) is 5.56 Å². The van der Waals surface area contributed by atoms with Crippen molar-refractivity contribution in [2.24, 2.45) is 0 Å². The van der Waals surface area contributed by atoms with Crippen molar-refractivity contribution in [3.05, 3.63) is 64.7 Å². The summed E-state index contributed by atoms with van der Waals surface area (Å²) in [5.41, 5.74) is -3.09. The first-order valence-electron chi connectivity index (χ1n) is 12.1. The summed E-state index contributed by atoms with van der Waals surface area (Å²) in [5.74, 6) is -8.63. The van der Waals surface area contributed by atoms with Gasteiger partial charge in [0.05, 0.1) is 12.8 Å². The van der Waals surface area contributed by atoms with Crippen LogP contribution in [0.15, 0.2) is 36.4 Å². The molecule has 13 heteroatoms. The molecule has 2 heterocycles. The molecule has 2 saturated heterocycles. The topological polar surface area (TPSA) is 50.1 Å². The molecule has 2 aliphatic rings. The minimum absolute atomic E-state index is 0.139. The molecule has 0 radical (unpaired) electrons. The number of thiocarbonyl (C=S) groups is 2. The quantitative estimate of drug-likeness (QED) is 0.189. The molecule has 2 aromatic carbocycles. The lowest BCUT2D eigenvalue weighted by Crippen LogP contribution is -2.66. The molecule has 0 aromatic heterocycles. The van der Waals surface area contributed by atoms with E-state index in [0.717, 1.165) is 45.9 Å². The van der Waals surface area contributed by atoms with Crippen LogP contribution in [0.3, 0.4) is 0 Å². The molecule has 4 atom stereocenters. The molecule has 2 fully saturated rings. The number of hydrogen-bond donors (Lipinski definition) is 3. The van der Waals surface area contributed by atoms with Crippen LogP contribution in [0.2, 0.25) is 0 Å². The standard InChI is InChI=1S/C14H15F4NS.C13H14F4N2S/c1-8-4-5-10(15)9(6-8)13(3)14(17,18)7-12(2,16)11(20)19-13;1-11(15)6-13(16,17)12(2,19-10(11)20)8-5-7(18)3-4-9(8)14/h4-6H,7H2,1-3H3,(H,19,20);3-5H,6,18H2,1-2H3,(H,19,20)/t12-,13+;11-,12+/m00/s1. The van der Waals surface area contributed by atoms with E-state index < -0.39 is 58.7 Å². The fourth-order valence-corrected chi connectivity index (χ4v) is 5.28. The van der Waals surface area contributed by atoms with Crippen LogP contribution in [-0.2, 0) is 11.1 Å². The Morgan fingerprint density at radius 1 is 0.675 bits per heavy atom. The fraction of sp³-hybridized carbons (Fsp3) is 0.481. The molecular formula is C27H29F8N3S2. The van der Waals surface area contributed by atoms with Crippen molar-refractivity contribution in [3.8, 4) is 0 Å². The van der Waals surface area contributed by atoms with Crippen molar-refractivity contribution in [2.45, 2.75) is 81.7 Å². The van der Waals surface area contributed by atoms with Gasteiger partial charge < -0.3 is 16.4 Å². The zero-order valence-corrected chi connectivity index (χ0v) is 23.9. The molecular weight excluding hydrogens is 582 g/mol. The molecule has 2 aromatic rings. The van der Waals surface area contributed by atoms with Crippen LogP contribution < -0.4 is 16.4 Å². The average Bonchev–Trinajstić information content (AvgIpc) is 2.79. The number of aryl methyl sites for hydroxylation is 1. The van der Waals surface area contributed by atoms with Gasteiger partial charge in [-0.25, -0.2) is 35.1 Å². The van der Waals surface area contributed by atoms with Crippen molar-refractivity contribution in [2.75, 3.05) is 5.73 Å². The zero-order chi connectivity index (χ0) is 30.7. The van der Waals surface area contributed by atoms with Crippen LogP contribution in [0.4, 0.5) is 40.8 Å². The Hall–Kier alpha value is -2.54. The van der Waals surface area contributed by atoms with Crippen LogP contribution >= 0.6 is 24.4 Å². The smallest absolute Gasteiger partial charge is 0.278 e. The SMILES string of the molecule is C[C@]1(F)CC(F)(F)[C@@](C)(c2cc(N)ccc2F)NC1=S.Cc1ccc(F)c([C@@]2(C)NC(=S)[C@@](C)(F)CC2(F)F)c1. The van der Waals surface area contributed by atoms with Gasteiger partial charge in [-0.05, 0) is 58.9 Å².